The lowest BCUT2D eigenvalue weighted by Crippen LogP contribution is -2.44. The second-order valence-electron chi connectivity index (χ2n) is 6.57. The number of benzene rings is 1. The minimum absolute atomic E-state index is 0.376. The summed E-state index contributed by atoms with van der Waals surface area (Å²) in [5.41, 5.74) is 0.546. The summed E-state index contributed by atoms with van der Waals surface area (Å²) in [4.78, 5) is 0. The van der Waals surface area contributed by atoms with Crippen molar-refractivity contribution in [1.29, 1.82) is 0 Å². The largest absolute Gasteiger partial charge is 0.490 e. The summed E-state index contributed by atoms with van der Waals surface area (Å²) in [5, 5.41) is 13.9. The molecule has 1 aromatic rings. The number of para-hydroxylation sites is 1. The summed E-state index contributed by atoms with van der Waals surface area (Å²) in [5.74, 6) is 0.987. The van der Waals surface area contributed by atoms with E-state index in [4.69, 9.17) is 9.47 Å². The molecule has 0 unspecified atom stereocenters. The van der Waals surface area contributed by atoms with Gasteiger partial charge in [-0.15, -0.1) is 0 Å². The number of ether oxygens (including phenoxy) is 2. The Morgan fingerprint density at radius 1 is 1.18 bits per heavy atom. The Bertz CT molecular complexity index is 465. The maximum atomic E-state index is 10.5. The Kier molecular flexibility index (Phi) is 5.34. The van der Waals surface area contributed by atoms with Crippen molar-refractivity contribution in [3.05, 3.63) is 29.8 Å². The predicted molar refractivity (Wildman–Crippen MR) is 86.0 cm³/mol. The zero-order chi connectivity index (χ0) is 15.3. The second kappa shape index (κ2) is 7.44. The first kappa shape index (κ1) is 15.8. The Hall–Kier alpha value is -1.10. The first-order chi connectivity index (χ1) is 10.8. The molecule has 3 rings (SSSR count). The van der Waals surface area contributed by atoms with Gasteiger partial charge in [0.1, 0.15) is 5.75 Å². The lowest BCUT2D eigenvalue weighted by molar-refractivity contribution is -0.0617. The number of nitrogens with one attached hydrogen (secondary N) is 1. The number of aliphatic hydroxyl groups is 1. The third-order valence-corrected chi connectivity index (χ3v) is 4.76. The van der Waals surface area contributed by atoms with Gasteiger partial charge >= 0.3 is 0 Å². The van der Waals surface area contributed by atoms with Crippen molar-refractivity contribution < 1.29 is 14.6 Å². The second-order valence-corrected chi connectivity index (χ2v) is 6.57. The van der Waals surface area contributed by atoms with Crippen LogP contribution in [-0.2, 0) is 11.3 Å². The van der Waals surface area contributed by atoms with Gasteiger partial charge in [-0.25, -0.2) is 0 Å². The van der Waals surface area contributed by atoms with Crippen LogP contribution >= 0.6 is 0 Å². The van der Waals surface area contributed by atoms with Crippen LogP contribution < -0.4 is 10.1 Å². The van der Waals surface area contributed by atoms with Crippen molar-refractivity contribution in [2.45, 2.75) is 56.8 Å². The molecule has 22 heavy (non-hydrogen) atoms. The summed E-state index contributed by atoms with van der Waals surface area (Å²) in [6, 6.07) is 8.23. The molecule has 0 bridgehead atoms. The van der Waals surface area contributed by atoms with Gasteiger partial charge in [-0.3, -0.25) is 0 Å². The molecule has 1 saturated heterocycles. The van der Waals surface area contributed by atoms with E-state index in [-0.39, 0.29) is 0 Å². The average molecular weight is 305 g/mol. The van der Waals surface area contributed by atoms with Gasteiger partial charge in [0.25, 0.3) is 0 Å². The van der Waals surface area contributed by atoms with E-state index >= 15 is 0 Å². The average Bonchev–Trinajstić information content (AvgIpc) is 3.03. The molecule has 2 N–H and O–H groups in total. The van der Waals surface area contributed by atoms with Crippen LogP contribution in [0.25, 0.3) is 0 Å². The first-order valence-electron chi connectivity index (χ1n) is 8.51. The van der Waals surface area contributed by atoms with Gasteiger partial charge < -0.3 is 19.9 Å². The Morgan fingerprint density at radius 2 is 1.91 bits per heavy atom. The molecule has 2 fully saturated rings. The van der Waals surface area contributed by atoms with E-state index in [1.54, 1.807) is 0 Å². The van der Waals surface area contributed by atoms with Gasteiger partial charge in [-0.2, -0.15) is 0 Å². The third-order valence-electron chi connectivity index (χ3n) is 4.76. The smallest absolute Gasteiger partial charge is 0.124 e. The van der Waals surface area contributed by atoms with E-state index in [0.29, 0.717) is 38.7 Å². The quantitative estimate of drug-likeness (QED) is 0.848. The van der Waals surface area contributed by atoms with E-state index in [1.165, 1.54) is 31.2 Å². The topological polar surface area (TPSA) is 50.7 Å². The first-order valence-corrected chi connectivity index (χ1v) is 8.51. The Labute approximate surface area is 132 Å². The molecule has 4 heteroatoms. The maximum Gasteiger partial charge on any atom is 0.124 e. The highest BCUT2D eigenvalue weighted by atomic mass is 16.5. The molecule has 1 aliphatic carbocycles. The highest BCUT2D eigenvalue weighted by Gasteiger charge is 2.29. The van der Waals surface area contributed by atoms with Crippen molar-refractivity contribution in [3.8, 4) is 5.75 Å². The summed E-state index contributed by atoms with van der Waals surface area (Å²) < 4.78 is 11.5. The van der Waals surface area contributed by atoms with Gasteiger partial charge in [0.15, 0.2) is 0 Å². The predicted octanol–water partition coefficient (Wildman–Crippen LogP) is 2.64. The monoisotopic (exact) mass is 305 g/mol. The van der Waals surface area contributed by atoms with Crippen molar-refractivity contribution in [3.63, 3.8) is 0 Å². The molecule has 0 amide bonds. The van der Waals surface area contributed by atoms with Crippen LogP contribution in [0, 0.1) is 0 Å². The fourth-order valence-corrected chi connectivity index (χ4v) is 3.31. The molecule has 4 nitrogen and oxygen atoms in total. The standard InChI is InChI=1S/C18H27NO3/c20-18(9-11-21-12-10-18)14-19-13-15-5-1-4-8-17(15)22-16-6-2-3-7-16/h1,4-5,8,16,19-20H,2-3,6-7,9-14H2. The van der Waals surface area contributed by atoms with Gasteiger partial charge in [-0.1, -0.05) is 18.2 Å². The molecule has 122 valence electrons. The van der Waals surface area contributed by atoms with Crippen LogP contribution in [0.1, 0.15) is 44.1 Å². The number of hydrogen-bond donors (Lipinski definition) is 2. The molecule has 1 heterocycles. The summed E-state index contributed by atoms with van der Waals surface area (Å²) in [6.07, 6.45) is 6.69. The normalized spacial score (nSPS) is 21.9. The number of hydrogen-bond acceptors (Lipinski definition) is 4. The van der Waals surface area contributed by atoms with Crippen molar-refractivity contribution in [2.24, 2.45) is 0 Å². The molecular weight excluding hydrogens is 278 g/mol. The van der Waals surface area contributed by atoms with E-state index in [2.05, 4.69) is 17.4 Å². The fraction of sp³-hybridized carbons (Fsp3) is 0.667. The highest BCUT2D eigenvalue weighted by molar-refractivity contribution is 5.33. The SMILES string of the molecule is OC1(CNCc2ccccc2OC2CCCC2)CCOCC1. The molecule has 1 aromatic carbocycles. The summed E-state index contributed by atoms with van der Waals surface area (Å²) in [7, 11) is 0. The molecular formula is C18H27NO3. The lowest BCUT2D eigenvalue weighted by atomic mass is 9.94. The van der Waals surface area contributed by atoms with E-state index in [9.17, 15) is 5.11 Å². The number of rotatable bonds is 6. The van der Waals surface area contributed by atoms with Crippen LogP contribution in [0.2, 0.25) is 0 Å². The third kappa shape index (κ3) is 4.22. The van der Waals surface area contributed by atoms with Crippen LogP contribution in [0.15, 0.2) is 24.3 Å². The summed E-state index contributed by atoms with van der Waals surface area (Å²) in [6.45, 7) is 2.64. The minimum Gasteiger partial charge on any atom is -0.490 e. The van der Waals surface area contributed by atoms with Crippen LogP contribution in [0.5, 0.6) is 5.75 Å². The zero-order valence-electron chi connectivity index (χ0n) is 13.2. The maximum absolute atomic E-state index is 10.5. The Balaban J connectivity index is 1.53. The lowest BCUT2D eigenvalue weighted by Gasteiger charge is -2.32. The molecule has 2 aliphatic rings. The summed E-state index contributed by atoms with van der Waals surface area (Å²) >= 11 is 0. The molecule has 0 spiro atoms. The van der Waals surface area contributed by atoms with E-state index in [0.717, 1.165) is 12.3 Å². The van der Waals surface area contributed by atoms with E-state index < -0.39 is 5.60 Å². The van der Waals surface area contributed by atoms with Crippen LogP contribution in [0.4, 0.5) is 0 Å². The van der Waals surface area contributed by atoms with Gasteiger partial charge in [-0.05, 0) is 31.7 Å². The fourth-order valence-electron chi connectivity index (χ4n) is 3.31. The highest BCUT2D eigenvalue weighted by Crippen LogP contribution is 2.27. The molecule has 0 radical (unpaired) electrons. The molecule has 0 aromatic heterocycles. The van der Waals surface area contributed by atoms with E-state index in [1.807, 2.05) is 12.1 Å². The molecule has 0 atom stereocenters. The van der Waals surface area contributed by atoms with Crippen molar-refractivity contribution in [2.75, 3.05) is 19.8 Å². The molecule has 1 saturated carbocycles. The van der Waals surface area contributed by atoms with Crippen molar-refractivity contribution >= 4 is 0 Å². The van der Waals surface area contributed by atoms with Gasteiger partial charge in [0, 0.05) is 44.7 Å². The Morgan fingerprint density at radius 3 is 2.68 bits per heavy atom. The van der Waals surface area contributed by atoms with Crippen LogP contribution in [-0.4, -0.2) is 36.6 Å². The van der Waals surface area contributed by atoms with Crippen molar-refractivity contribution in [1.82, 2.24) is 5.32 Å². The van der Waals surface area contributed by atoms with Gasteiger partial charge in [0.05, 0.1) is 11.7 Å². The van der Waals surface area contributed by atoms with Gasteiger partial charge in [0.2, 0.25) is 0 Å². The minimum atomic E-state index is -0.625. The zero-order valence-corrected chi connectivity index (χ0v) is 13.2. The van der Waals surface area contributed by atoms with Crippen LogP contribution in [0.3, 0.4) is 0 Å². The molecule has 1 aliphatic heterocycles.